The van der Waals surface area contributed by atoms with Gasteiger partial charge < -0.3 is 10.2 Å². The lowest BCUT2D eigenvalue weighted by molar-refractivity contribution is -0.0766. The summed E-state index contributed by atoms with van der Waals surface area (Å²) in [5.74, 6) is 1.80. The molecule has 0 saturated heterocycles. The SMILES string of the molecule is C[C@]12CC[C@H]3[C@@H](CC[C@@H]4C=CC(O)=C(O)[C@@]43C)[C@@H]1C[C@@H](F)C2. The first-order valence-electron chi connectivity index (χ1n) is 8.81. The Morgan fingerprint density at radius 1 is 1.14 bits per heavy atom. The van der Waals surface area contributed by atoms with Crippen LogP contribution in [0.15, 0.2) is 23.7 Å². The summed E-state index contributed by atoms with van der Waals surface area (Å²) in [6, 6.07) is 0. The Hall–Kier alpha value is -0.990. The number of hydrogen-bond donors (Lipinski definition) is 2. The van der Waals surface area contributed by atoms with Crippen LogP contribution >= 0.6 is 0 Å². The summed E-state index contributed by atoms with van der Waals surface area (Å²) in [4.78, 5) is 0. The fraction of sp³-hybridized carbons (Fsp3) is 0.789. The minimum Gasteiger partial charge on any atom is -0.508 e. The zero-order chi connectivity index (χ0) is 15.7. The molecule has 0 aromatic carbocycles. The Morgan fingerprint density at radius 3 is 2.68 bits per heavy atom. The molecule has 3 saturated carbocycles. The van der Waals surface area contributed by atoms with Crippen molar-refractivity contribution in [2.24, 2.45) is 34.5 Å². The highest BCUT2D eigenvalue weighted by molar-refractivity contribution is 5.31. The van der Waals surface area contributed by atoms with Gasteiger partial charge >= 0.3 is 0 Å². The number of halogens is 1. The molecule has 3 heteroatoms. The molecular weight excluding hydrogens is 279 g/mol. The summed E-state index contributed by atoms with van der Waals surface area (Å²) in [6.45, 7) is 4.39. The summed E-state index contributed by atoms with van der Waals surface area (Å²) < 4.78 is 14.1. The molecule has 122 valence electrons. The maximum Gasteiger partial charge on any atom is 0.153 e. The Kier molecular flexibility index (Phi) is 3.00. The average Bonchev–Trinajstić information content (AvgIpc) is 2.78. The van der Waals surface area contributed by atoms with Crippen LogP contribution in [0.1, 0.15) is 52.4 Å². The van der Waals surface area contributed by atoms with Gasteiger partial charge in [0.25, 0.3) is 0 Å². The number of alkyl halides is 1. The number of allylic oxidation sites excluding steroid dienone is 3. The molecule has 0 aromatic heterocycles. The fourth-order valence-electron chi connectivity index (χ4n) is 6.56. The van der Waals surface area contributed by atoms with E-state index in [1.807, 2.05) is 0 Å². The third-order valence-corrected chi connectivity index (χ3v) is 7.74. The van der Waals surface area contributed by atoms with Crippen molar-refractivity contribution in [3.05, 3.63) is 23.7 Å². The van der Waals surface area contributed by atoms with E-state index >= 15 is 0 Å². The van der Waals surface area contributed by atoms with Crippen molar-refractivity contribution in [3.8, 4) is 0 Å². The van der Waals surface area contributed by atoms with Crippen LogP contribution < -0.4 is 0 Å². The van der Waals surface area contributed by atoms with Crippen molar-refractivity contribution >= 4 is 0 Å². The van der Waals surface area contributed by atoms with Crippen molar-refractivity contribution in [1.82, 2.24) is 0 Å². The number of hydrogen-bond acceptors (Lipinski definition) is 2. The Labute approximate surface area is 132 Å². The molecule has 0 aliphatic heterocycles. The zero-order valence-corrected chi connectivity index (χ0v) is 13.6. The van der Waals surface area contributed by atoms with Gasteiger partial charge in [-0.25, -0.2) is 4.39 Å². The fourth-order valence-corrected chi connectivity index (χ4v) is 6.56. The first-order valence-corrected chi connectivity index (χ1v) is 8.81. The second-order valence-corrected chi connectivity index (χ2v) is 8.67. The lowest BCUT2D eigenvalue weighted by Crippen LogP contribution is -2.52. The standard InChI is InChI=1S/C19H27FO2/c1-18-8-7-14-13(15(18)9-12(20)10-18)5-3-11-4-6-16(21)17(22)19(11,14)2/h4,6,11-15,21-22H,3,5,7-10H2,1-2H3/t11-,12-,13-,14+,15+,18-,19+/m1/s1. The molecule has 2 N–H and O–H groups in total. The third kappa shape index (κ3) is 1.71. The molecule has 3 fully saturated rings. The van der Waals surface area contributed by atoms with Crippen LogP contribution in [0.5, 0.6) is 0 Å². The normalized spacial score (nSPS) is 53.9. The predicted molar refractivity (Wildman–Crippen MR) is 84.2 cm³/mol. The zero-order valence-electron chi connectivity index (χ0n) is 13.6. The number of fused-ring (bicyclic) bond motifs is 5. The van der Waals surface area contributed by atoms with E-state index in [4.69, 9.17) is 0 Å². The van der Waals surface area contributed by atoms with Crippen LogP contribution in [0.25, 0.3) is 0 Å². The number of rotatable bonds is 0. The van der Waals surface area contributed by atoms with Gasteiger partial charge in [0.1, 0.15) is 11.9 Å². The van der Waals surface area contributed by atoms with Crippen LogP contribution in [-0.2, 0) is 0 Å². The van der Waals surface area contributed by atoms with E-state index < -0.39 is 6.17 Å². The first kappa shape index (κ1) is 14.6. The summed E-state index contributed by atoms with van der Waals surface area (Å²) in [5.41, 5.74) is -0.215. The van der Waals surface area contributed by atoms with E-state index in [9.17, 15) is 14.6 Å². The second-order valence-electron chi connectivity index (χ2n) is 8.67. The van der Waals surface area contributed by atoms with Crippen molar-refractivity contribution in [3.63, 3.8) is 0 Å². The van der Waals surface area contributed by atoms with Gasteiger partial charge in [-0.2, -0.15) is 0 Å². The van der Waals surface area contributed by atoms with E-state index in [1.165, 1.54) is 0 Å². The van der Waals surface area contributed by atoms with Crippen LogP contribution in [0.4, 0.5) is 4.39 Å². The molecule has 7 atom stereocenters. The third-order valence-electron chi connectivity index (χ3n) is 7.74. The summed E-state index contributed by atoms with van der Waals surface area (Å²) in [7, 11) is 0. The molecule has 0 bridgehead atoms. The summed E-state index contributed by atoms with van der Waals surface area (Å²) in [5, 5.41) is 20.7. The van der Waals surface area contributed by atoms with Gasteiger partial charge in [-0.3, -0.25) is 0 Å². The van der Waals surface area contributed by atoms with Gasteiger partial charge in [0.15, 0.2) is 5.76 Å². The molecule has 0 radical (unpaired) electrons. The lowest BCUT2D eigenvalue weighted by Gasteiger charge is -2.58. The Bertz CT molecular complexity index is 554. The average molecular weight is 306 g/mol. The van der Waals surface area contributed by atoms with E-state index in [0.29, 0.717) is 36.5 Å². The van der Waals surface area contributed by atoms with Gasteiger partial charge in [-0.1, -0.05) is 19.9 Å². The van der Waals surface area contributed by atoms with Crippen molar-refractivity contribution in [2.75, 3.05) is 0 Å². The minimum atomic E-state index is -0.650. The van der Waals surface area contributed by atoms with Crippen LogP contribution in [-0.4, -0.2) is 16.4 Å². The highest BCUT2D eigenvalue weighted by Gasteiger charge is 2.60. The lowest BCUT2D eigenvalue weighted by atomic mass is 9.47. The van der Waals surface area contributed by atoms with E-state index in [0.717, 1.165) is 25.7 Å². The molecule has 0 amide bonds. The topological polar surface area (TPSA) is 40.5 Å². The molecule has 4 rings (SSSR count). The monoisotopic (exact) mass is 306 g/mol. The smallest absolute Gasteiger partial charge is 0.153 e. The van der Waals surface area contributed by atoms with Gasteiger partial charge in [0.05, 0.1) is 0 Å². The van der Waals surface area contributed by atoms with E-state index in [2.05, 4.69) is 19.9 Å². The quantitative estimate of drug-likeness (QED) is 0.655. The molecule has 4 aliphatic carbocycles. The summed E-state index contributed by atoms with van der Waals surface area (Å²) in [6.07, 6.45) is 8.77. The second kappa shape index (κ2) is 4.52. The molecule has 0 spiro atoms. The summed E-state index contributed by atoms with van der Waals surface area (Å²) >= 11 is 0. The van der Waals surface area contributed by atoms with Crippen LogP contribution in [0, 0.1) is 34.5 Å². The highest BCUT2D eigenvalue weighted by atomic mass is 19.1. The van der Waals surface area contributed by atoms with Gasteiger partial charge in [-0.05, 0) is 73.7 Å². The molecular formula is C19H27FO2. The van der Waals surface area contributed by atoms with Crippen LogP contribution in [0.3, 0.4) is 0 Å². The van der Waals surface area contributed by atoms with Gasteiger partial charge in [0, 0.05) is 5.41 Å². The molecule has 2 nitrogen and oxygen atoms in total. The number of aliphatic hydroxyl groups is 2. The Morgan fingerprint density at radius 2 is 1.91 bits per heavy atom. The van der Waals surface area contributed by atoms with E-state index in [1.54, 1.807) is 6.08 Å². The van der Waals surface area contributed by atoms with Crippen molar-refractivity contribution in [1.29, 1.82) is 0 Å². The largest absolute Gasteiger partial charge is 0.508 e. The number of aliphatic hydroxyl groups excluding tert-OH is 2. The van der Waals surface area contributed by atoms with Gasteiger partial charge in [0.2, 0.25) is 0 Å². The van der Waals surface area contributed by atoms with E-state index in [-0.39, 0.29) is 22.3 Å². The van der Waals surface area contributed by atoms with Crippen molar-refractivity contribution < 1.29 is 14.6 Å². The minimum absolute atomic E-state index is 0.0301. The maximum atomic E-state index is 14.1. The molecule has 4 aliphatic rings. The molecule has 22 heavy (non-hydrogen) atoms. The molecule has 0 aromatic rings. The van der Waals surface area contributed by atoms with Crippen molar-refractivity contribution in [2.45, 2.75) is 58.5 Å². The predicted octanol–water partition coefficient (Wildman–Crippen LogP) is 5.08. The first-order chi connectivity index (χ1) is 10.4. The molecule has 0 unspecified atom stereocenters. The Balaban J connectivity index is 1.73. The molecule has 0 heterocycles. The van der Waals surface area contributed by atoms with Gasteiger partial charge in [-0.15, -0.1) is 0 Å². The van der Waals surface area contributed by atoms with Crippen LogP contribution in [0.2, 0.25) is 0 Å². The highest BCUT2D eigenvalue weighted by Crippen LogP contribution is 2.66. The maximum absolute atomic E-state index is 14.1.